The lowest BCUT2D eigenvalue weighted by molar-refractivity contribution is -0.385. The number of aromatic nitrogens is 1. The van der Waals surface area contributed by atoms with E-state index < -0.39 is 4.92 Å². The fourth-order valence-electron chi connectivity index (χ4n) is 1.28. The number of carbonyl (C=O) groups is 1. The third-order valence-electron chi connectivity index (χ3n) is 2.33. The molecule has 0 spiro atoms. The molecule has 17 heavy (non-hydrogen) atoms. The summed E-state index contributed by atoms with van der Waals surface area (Å²) < 4.78 is 0. The number of nitrogens with one attached hydrogen (secondary N) is 2. The number of carbonyl (C=O) groups excluding carboxylic acids is 1. The summed E-state index contributed by atoms with van der Waals surface area (Å²) in [6.07, 6.45) is 3.24. The Labute approximate surface area is 97.4 Å². The van der Waals surface area contributed by atoms with Gasteiger partial charge >= 0.3 is 0 Å². The zero-order chi connectivity index (χ0) is 12.3. The lowest BCUT2D eigenvalue weighted by atomic mass is 10.4. The molecular formula is C10H12N4O3. The summed E-state index contributed by atoms with van der Waals surface area (Å²) in [5, 5.41) is 16.0. The van der Waals surface area contributed by atoms with Crippen LogP contribution in [0, 0.1) is 10.1 Å². The second-order valence-electron chi connectivity index (χ2n) is 3.85. The summed E-state index contributed by atoms with van der Waals surface area (Å²) in [7, 11) is 0. The quantitative estimate of drug-likeness (QED) is 0.578. The van der Waals surface area contributed by atoms with Crippen molar-refractivity contribution in [1.82, 2.24) is 10.3 Å². The molecule has 2 rings (SSSR count). The number of hydrogen-bond donors (Lipinski definition) is 2. The van der Waals surface area contributed by atoms with Crippen LogP contribution in [0.2, 0.25) is 0 Å². The van der Waals surface area contributed by atoms with Crippen LogP contribution in [0.4, 0.5) is 11.5 Å². The molecule has 1 heterocycles. The SMILES string of the molecule is O=C(CNc1ccc([N+](=O)[O-])cn1)NC1CC1. The first kappa shape index (κ1) is 11.3. The van der Waals surface area contributed by atoms with E-state index in [1.165, 1.54) is 12.1 Å². The van der Waals surface area contributed by atoms with Gasteiger partial charge in [0.05, 0.1) is 11.5 Å². The maximum absolute atomic E-state index is 11.3. The molecule has 0 saturated heterocycles. The van der Waals surface area contributed by atoms with E-state index in [2.05, 4.69) is 15.6 Å². The largest absolute Gasteiger partial charge is 0.361 e. The van der Waals surface area contributed by atoms with Gasteiger partial charge in [0.2, 0.25) is 5.91 Å². The molecule has 0 unspecified atom stereocenters. The van der Waals surface area contributed by atoms with E-state index in [9.17, 15) is 14.9 Å². The lowest BCUT2D eigenvalue weighted by Gasteiger charge is -2.05. The van der Waals surface area contributed by atoms with Gasteiger partial charge in [0.15, 0.2) is 0 Å². The number of anilines is 1. The highest BCUT2D eigenvalue weighted by Crippen LogP contribution is 2.18. The molecule has 0 bridgehead atoms. The molecule has 0 aromatic carbocycles. The van der Waals surface area contributed by atoms with Gasteiger partial charge in [-0.1, -0.05) is 0 Å². The fraction of sp³-hybridized carbons (Fsp3) is 0.400. The average Bonchev–Trinajstić information content (AvgIpc) is 3.11. The maximum atomic E-state index is 11.3. The number of nitrogens with zero attached hydrogens (tertiary/aromatic N) is 2. The monoisotopic (exact) mass is 236 g/mol. The normalized spacial score (nSPS) is 14.1. The lowest BCUT2D eigenvalue weighted by Crippen LogP contribution is -2.31. The molecule has 1 saturated carbocycles. The van der Waals surface area contributed by atoms with Gasteiger partial charge in [0.25, 0.3) is 5.69 Å². The summed E-state index contributed by atoms with van der Waals surface area (Å²) in [6.45, 7) is 0.126. The molecule has 7 heteroatoms. The summed E-state index contributed by atoms with van der Waals surface area (Å²) in [6, 6.07) is 3.14. The molecule has 0 atom stereocenters. The van der Waals surface area contributed by atoms with Crippen molar-refractivity contribution in [3.63, 3.8) is 0 Å². The van der Waals surface area contributed by atoms with Crippen LogP contribution in [0.5, 0.6) is 0 Å². The second-order valence-corrected chi connectivity index (χ2v) is 3.85. The van der Waals surface area contributed by atoms with Gasteiger partial charge in [-0.15, -0.1) is 0 Å². The van der Waals surface area contributed by atoms with Crippen molar-refractivity contribution in [1.29, 1.82) is 0 Å². The van der Waals surface area contributed by atoms with Crippen LogP contribution in [0.15, 0.2) is 18.3 Å². The smallest absolute Gasteiger partial charge is 0.287 e. The predicted molar refractivity (Wildman–Crippen MR) is 60.5 cm³/mol. The highest BCUT2D eigenvalue weighted by molar-refractivity contribution is 5.80. The second kappa shape index (κ2) is 4.77. The van der Waals surface area contributed by atoms with Gasteiger partial charge in [0, 0.05) is 12.1 Å². The molecule has 1 aliphatic carbocycles. The Hall–Kier alpha value is -2.18. The fourth-order valence-corrected chi connectivity index (χ4v) is 1.28. The summed E-state index contributed by atoms with van der Waals surface area (Å²) >= 11 is 0. The summed E-state index contributed by atoms with van der Waals surface area (Å²) in [5.74, 6) is 0.356. The zero-order valence-electron chi connectivity index (χ0n) is 9.05. The molecular weight excluding hydrogens is 224 g/mol. The number of hydrogen-bond acceptors (Lipinski definition) is 5. The van der Waals surface area contributed by atoms with Gasteiger partial charge in [-0.3, -0.25) is 14.9 Å². The van der Waals surface area contributed by atoms with Crippen LogP contribution in [-0.4, -0.2) is 28.4 Å². The molecule has 1 fully saturated rings. The Morgan fingerprint density at radius 2 is 2.29 bits per heavy atom. The van der Waals surface area contributed by atoms with Crippen molar-refractivity contribution in [3.05, 3.63) is 28.4 Å². The van der Waals surface area contributed by atoms with E-state index in [-0.39, 0.29) is 18.1 Å². The standard InChI is InChI=1S/C10H12N4O3/c15-10(13-7-1-2-7)6-12-9-4-3-8(5-11-9)14(16)17/h3-5,7H,1-2,6H2,(H,11,12)(H,13,15). The van der Waals surface area contributed by atoms with Crippen LogP contribution < -0.4 is 10.6 Å². The molecule has 0 radical (unpaired) electrons. The first-order valence-electron chi connectivity index (χ1n) is 5.29. The van der Waals surface area contributed by atoms with Crippen molar-refractivity contribution < 1.29 is 9.72 Å². The molecule has 1 aromatic rings. The minimum Gasteiger partial charge on any atom is -0.361 e. The molecule has 1 aliphatic rings. The van der Waals surface area contributed by atoms with Gasteiger partial charge in [-0.05, 0) is 18.9 Å². The first-order chi connectivity index (χ1) is 8.15. The van der Waals surface area contributed by atoms with Crippen molar-refractivity contribution in [3.8, 4) is 0 Å². The van der Waals surface area contributed by atoms with E-state index in [1.807, 2.05) is 0 Å². The zero-order valence-corrected chi connectivity index (χ0v) is 9.05. The van der Waals surface area contributed by atoms with E-state index in [0.717, 1.165) is 19.0 Å². The Kier molecular flexibility index (Phi) is 3.17. The Morgan fingerprint density at radius 3 is 2.82 bits per heavy atom. The minimum absolute atomic E-state index is 0.0713. The third-order valence-corrected chi connectivity index (χ3v) is 2.33. The van der Waals surface area contributed by atoms with E-state index in [4.69, 9.17) is 0 Å². The van der Waals surface area contributed by atoms with Crippen molar-refractivity contribution >= 4 is 17.4 Å². The van der Waals surface area contributed by atoms with E-state index in [1.54, 1.807) is 0 Å². The highest BCUT2D eigenvalue weighted by Gasteiger charge is 2.22. The van der Waals surface area contributed by atoms with Crippen LogP contribution in [-0.2, 0) is 4.79 Å². The molecule has 7 nitrogen and oxygen atoms in total. The topological polar surface area (TPSA) is 97.2 Å². The third kappa shape index (κ3) is 3.40. The minimum atomic E-state index is -0.517. The average molecular weight is 236 g/mol. The summed E-state index contributed by atoms with van der Waals surface area (Å²) in [4.78, 5) is 25.0. The van der Waals surface area contributed by atoms with Gasteiger partial charge < -0.3 is 10.6 Å². The number of pyridine rings is 1. The molecule has 0 aliphatic heterocycles. The molecule has 90 valence electrons. The van der Waals surface area contributed by atoms with Gasteiger partial charge in [0.1, 0.15) is 12.0 Å². The molecule has 1 amide bonds. The Bertz CT molecular complexity index is 428. The number of rotatable bonds is 5. The highest BCUT2D eigenvalue weighted by atomic mass is 16.6. The van der Waals surface area contributed by atoms with Crippen molar-refractivity contribution in [2.75, 3.05) is 11.9 Å². The first-order valence-corrected chi connectivity index (χ1v) is 5.29. The summed E-state index contributed by atoms with van der Waals surface area (Å²) in [5.41, 5.74) is -0.0713. The van der Waals surface area contributed by atoms with Gasteiger partial charge in [-0.25, -0.2) is 4.98 Å². The van der Waals surface area contributed by atoms with Crippen LogP contribution in [0.1, 0.15) is 12.8 Å². The van der Waals surface area contributed by atoms with Crippen molar-refractivity contribution in [2.45, 2.75) is 18.9 Å². The van der Waals surface area contributed by atoms with Gasteiger partial charge in [-0.2, -0.15) is 0 Å². The van der Waals surface area contributed by atoms with Crippen molar-refractivity contribution in [2.24, 2.45) is 0 Å². The molecule has 1 aromatic heterocycles. The van der Waals surface area contributed by atoms with Crippen LogP contribution in [0.3, 0.4) is 0 Å². The number of amides is 1. The van der Waals surface area contributed by atoms with E-state index in [0.29, 0.717) is 11.9 Å². The van der Waals surface area contributed by atoms with E-state index >= 15 is 0 Å². The predicted octanol–water partition coefficient (Wildman–Crippen LogP) is 0.680. The maximum Gasteiger partial charge on any atom is 0.287 e. The number of nitro groups is 1. The molecule has 2 N–H and O–H groups in total. The van der Waals surface area contributed by atoms with Crippen LogP contribution >= 0.6 is 0 Å². The Morgan fingerprint density at radius 1 is 1.53 bits per heavy atom. The Balaban J connectivity index is 1.81. The van der Waals surface area contributed by atoms with Crippen LogP contribution in [0.25, 0.3) is 0 Å².